The van der Waals surface area contributed by atoms with Gasteiger partial charge in [-0.2, -0.15) is 0 Å². The van der Waals surface area contributed by atoms with Crippen molar-refractivity contribution in [2.45, 2.75) is 26.0 Å². The van der Waals surface area contributed by atoms with Crippen LogP contribution in [-0.2, 0) is 0 Å². The summed E-state index contributed by atoms with van der Waals surface area (Å²) in [6.07, 6.45) is -0.724. The van der Waals surface area contributed by atoms with Crippen LogP contribution in [0.3, 0.4) is 0 Å². The van der Waals surface area contributed by atoms with Crippen LogP contribution in [0.25, 0.3) is 0 Å². The van der Waals surface area contributed by atoms with Gasteiger partial charge in [0, 0.05) is 16.6 Å². The van der Waals surface area contributed by atoms with Gasteiger partial charge in [0.2, 0.25) is 0 Å². The number of aliphatic hydroxyl groups excluding tert-OH is 1. The number of halogens is 2. The van der Waals surface area contributed by atoms with Crippen LogP contribution in [0.15, 0.2) is 18.2 Å². The topological polar surface area (TPSA) is 32.3 Å². The van der Waals surface area contributed by atoms with Crippen molar-refractivity contribution in [2.75, 3.05) is 6.54 Å². The van der Waals surface area contributed by atoms with E-state index < -0.39 is 11.9 Å². The van der Waals surface area contributed by atoms with E-state index in [0.717, 1.165) is 6.54 Å². The maximum atomic E-state index is 12.8. The smallest absolute Gasteiger partial charge is 0.124 e. The van der Waals surface area contributed by atoms with Crippen molar-refractivity contribution >= 4 is 11.6 Å². The summed E-state index contributed by atoms with van der Waals surface area (Å²) in [6, 6.07) is 3.90. The second kappa shape index (κ2) is 5.45. The third kappa shape index (κ3) is 3.16. The Morgan fingerprint density at radius 1 is 1.53 bits per heavy atom. The Balaban J connectivity index is 2.86. The molecule has 84 valence electrons. The molecule has 0 fully saturated rings. The number of rotatable bonds is 4. The van der Waals surface area contributed by atoms with E-state index in [1.165, 1.54) is 18.2 Å². The van der Waals surface area contributed by atoms with Crippen molar-refractivity contribution in [3.63, 3.8) is 0 Å². The number of nitrogens with one attached hydrogen (secondary N) is 1. The van der Waals surface area contributed by atoms with Gasteiger partial charge in [-0.3, -0.25) is 0 Å². The highest BCUT2D eigenvalue weighted by molar-refractivity contribution is 6.31. The molecule has 0 aliphatic carbocycles. The largest absolute Gasteiger partial charge is 0.387 e. The Hall–Kier alpha value is -0.640. The molecule has 0 saturated heterocycles. The van der Waals surface area contributed by atoms with Crippen LogP contribution in [0.5, 0.6) is 0 Å². The number of hydrogen-bond acceptors (Lipinski definition) is 2. The summed E-state index contributed by atoms with van der Waals surface area (Å²) in [5, 5.41) is 13.3. The van der Waals surface area contributed by atoms with E-state index in [9.17, 15) is 9.50 Å². The molecule has 2 nitrogen and oxygen atoms in total. The molecule has 15 heavy (non-hydrogen) atoms. The van der Waals surface area contributed by atoms with E-state index in [0.29, 0.717) is 5.56 Å². The van der Waals surface area contributed by atoms with Crippen molar-refractivity contribution in [2.24, 2.45) is 0 Å². The second-order valence-electron chi connectivity index (χ2n) is 3.46. The summed E-state index contributed by atoms with van der Waals surface area (Å²) in [5.74, 6) is -0.396. The molecule has 0 radical (unpaired) electrons. The molecular formula is C11H15ClFNO. The lowest BCUT2D eigenvalue weighted by Crippen LogP contribution is -2.32. The van der Waals surface area contributed by atoms with E-state index in [1.807, 2.05) is 13.8 Å². The van der Waals surface area contributed by atoms with Gasteiger partial charge in [-0.05, 0) is 25.6 Å². The van der Waals surface area contributed by atoms with Crippen LogP contribution in [-0.4, -0.2) is 17.7 Å². The maximum Gasteiger partial charge on any atom is 0.124 e. The average molecular weight is 232 g/mol. The van der Waals surface area contributed by atoms with E-state index in [4.69, 9.17) is 11.6 Å². The van der Waals surface area contributed by atoms with Gasteiger partial charge in [0.05, 0.1) is 6.10 Å². The van der Waals surface area contributed by atoms with Crippen LogP contribution in [0, 0.1) is 5.82 Å². The van der Waals surface area contributed by atoms with Crippen LogP contribution < -0.4 is 5.32 Å². The third-order valence-corrected chi connectivity index (χ3v) is 2.61. The molecular weight excluding hydrogens is 217 g/mol. The first-order valence-corrected chi connectivity index (χ1v) is 5.30. The Bertz CT molecular complexity index is 332. The summed E-state index contributed by atoms with van der Waals surface area (Å²) in [4.78, 5) is 0. The van der Waals surface area contributed by atoms with Crippen LogP contribution >= 0.6 is 11.6 Å². The summed E-state index contributed by atoms with van der Waals surface area (Å²) in [7, 11) is 0. The molecule has 2 unspecified atom stereocenters. The Kier molecular flexibility index (Phi) is 4.51. The first-order chi connectivity index (χ1) is 7.06. The first kappa shape index (κ1) is 12.4. The lowest BCUT2D eigenvalue weighted by atomic mass is 10.0. The molecule has 1 aromatic rings. The molecule has 0 heterocycles. The fourth-order valence-corrected chi connectivity index (χ4v) is 1.72. The average Bonchev–Trinajstić information content (AvgIpc) is 2.17. The van der Waals surface area contributed by atoms with E-state index >= 15 is 0 Å². The van der Waals surface area contributed by atoms with Gasteiger partial charge < -0.3 is 10.4 Å². The highest BCUT2D eigenvalue weighted by atomic mass is 35.5. The van der Waals surface area contributed by atoms with Gasteiger partial charge in [-0.15, -0.1) is 0 Å². The Labute approximate surface area is 94.1 Å². The monoisotopic (exact) mass is 231 g/mol. The lowest BCUT2D eigenvalue weighted by molar-refractivity contribution is 0.137. The van der Waals surface area contributed by atoms with Crippen LogP contribution in [0.4, 0.5) is 4.39 Å². The second-order valence-corrected chi connectivity index (χ2v) is 3.86. The zero-order valence-electron chi connectivity index (χ0n) is 8.80. The zero-order valence-corrected chi connectivity index (χ0v) is 9.55. The minimum absolute atomic E-state index is 0.113. The highest BCUT2D eigenvalue weighted by Gasteiger charge is 2.18. The number of hydrogen-bond donors (Lipinski definition) is 2. The molecule has 4 heteroatoms. The minimum Gasteiger partial charge on any atom is -0.387 e. The standard InChI is InChI=1S/C11H15ClFNO/c1-3-14-7(2)11(15)9-5-4-8(13)6-10(9)12/h4-7,11,14-15H,3H2,1-2H3. The summed E-state index contributed by atoms with van der Waals surface area (Å²) >= 11 is 5.84. The lowest BCUT2D eigenvalue weighted by Gasteiger charge is -2.20. The molecule has 1 rings (SSSR count). The summed E-state index contributed by atoms with van der Waals surface area (Å²) in [5.41, 5.74) is 0.548. The van der Waals surface area contributed by atoms with Crippen molar-refractivity contribution in [3.8, 4) is 0 Å². The van der Waals surface area contributed by atoms with Crippen LogP contribution in [0.1, 0.15) is 25.5 Å². The number of likely N-dealkylation sites (N-methyl/N-ethyl adjacent to an activating group) is 1. The Morgan fingerprint density at radius 3 is 2.73 bits per heavy atom. The predicted molar refractivity (Wildman–Crippen MR) is 59.5 cm³/mol. The van der Waals surface area contributed by atoms with Crippen LogP contribution in [0.2, 0.25) is 5.02 Å². The number of aliphatic hydroxyl groups is 1. The molecule has 0 aromatic heterocycles. The van der Waals surface area contributed by atoms with Crippen molar-refractivity contribution in [1.82, 2.24) is 5.32 Å². The summed E-state index contributed by atoms with van der Waals surface area (Å²) in [6.45, 7) is 4.57. The fraction of sp³-hybridized carbons (Fsp3) is 0.455. The first-order valence-electron chi connectivity index (χ1n) is 4.92. The molecule has 1 aromatic carbocycles. The van der Waals surface area contributed by atoms with Gasteiger partial charge in [-0.1, -0.05) is 24.6 Å². The third-order valence-electron chi connectivity index (χ3n) is 2.28. The molecule has 2 N–H and O–H groups in total. The van der Waals surface area contributed by atoms with Crippen molar-refractivity contribution < 1.29 is 9.50 Å². The van der Waals surface area contributed by atoms with Gasteiger partial charge >= 0.3 is 0 Å². The van der Waals surface area contributed by atoms with Crippen molar-refractivity contribution in [3.05, 3.63) is 34.6 Å². The molecule has 0 saturated carbocycles. The van der Waals surface area contributed by atoms with Gasteiger partial charge in [0.25, 0.3) is 0 Å². The molecule has 0 aliphatic heterocycles. The highest BCUT2D eigenvalue weighted by Crippen LogP contribution is 2.25. The molecule has 0 spiro atoms. The van der Waals surface area contributed by atoms with Gasteiger partial charge in [0.1, 0.15) is 5.82 Å². The summed E-state index contributed by atoms with van der Waals surface area (Å²) < 4.78 is 12.8. The minimum atomic E-state index is -0.724. The predicted octanol–water partition coefficient (Wildman–Crippen LogP) is 2.51. The van der Waals surface area contributed by atoms with E-state index in [1.54, 1.807) is 0 Å². The van der Waals surface area contributed by atoms with Gasteiger partial charge in [0.15, 0.2) is 0 Å². The fourth-order valence-electron chi connectivity index (χ4n) is 1.44. The Morgan fingerprint density at radius 2 is 2.20 bits per heavy atom. The maximum absolute atomic E-state index is 12.8. The van der Waals surface area contributed by atoms with Gasteiger partial charge in [-0.25, -0.2) is 4.39 Å². The zero-order chi connectivity index (χ0) is 11.4. The molecule has 0 amide bonds. The molecule has 0 bridgehead atoms. The normalized spacial score (nSPS) is 15.0. The molecule has 2 atom stereocenters. The van der Waals surface area contributed by atoms with E-state index in [-0.39, 0.29) is 11.1 Å². The van der Waals surface area contributed by atoms with E-state index in [2.05, 4.69) is 5.32 Å². The molecule has 0 aliphatic rings. The van der Waals surface area contributed by atoms with Crippen molar-refractivity contribution in [1.29, 1.82) is 0 Å². The SMILES string of the molecule is CCNC(C)C(O)c1ccc(F)cc1Cl. The quantitative estimate of drug-likeness (QED) is 0.835. The number of benzene rings is 1.